The molecular formula is C19H18N2O3. The van der Waals surface area contributed by atoms with E-state index < -0.39 is 18.2 Å². The summed E-state index contributed by atoms with van der Waals surface area (Å²) in [5.74, 6) is -0.651. The van der Waals surface area contributed by atoms with Crippen LogP contribution in [0, 0.1) is 5.92 Å². The largest absolute Gasteiger partial charge is 0.386 e. The lowest BCUT2D eigenvalue weighted by Crippen LogP contribution is -2.38. The minimum atomic E-state index is -0.962. The van der Waals surface area contributed by atoms with Crippen LogP contribution in [0.5, 0.6) is 0 Å². The van der Waals surface area contributed by atoms with Gasteiger partial charge in [-0.05, 0) is 12.0 Å². The topological polar surface area (TPSA) is 62.1 Å². The van der Waals surface area contributed by atoms with Crippen LogP contribution in [0.3, 0.4) is 0 Å². The fraction of sp³-hybridized carbons (Fsp3) is 0.263. The van der Waals surface area contributed by atoms with Crippen molar-refractivity contribution in [1.82, 2.24) is 4.90 Å². The molecule has 2 aromatic rings. The van der Waals surface area contributed by atoms with Crippen LogP contribution in [0.2, 0.25) is 0 Å². The Morgan fingerprint density at radius 3 is 2.42 bits per heavy atom. The van der Waals surface area contributed by atoms with Gasteiger partial charge in [0.2, 0.25) is 5.91 Å². The second kappa shape index (κ2) is 6.09. The van der Waals surface area contributed by atoms with Crippen LogP contribution in [0.1, 0.15) is 11.1 Å². The zero-order valence-electron chi connectivity index (χ0n) is 13.1. The van der Waals surface area contributed by atoms with Crippen LogP contribution in [0.25, 0.3) is 0 Å². The molecule has 5 heteroatoms. The van der Waals surface area contributed by atoms with Gasteiger partial charge in [-0.15, -0.1) is 0 Å². The van der Waals surface area contributed by atoms with E-state index in [2.05, 4.69) is 5.16 Å². The van der Waals surface area contributed by atoms with Crippen LogP contribution in [-0.4, -0.2) is 40.5 Å². The van der Waals surface area contributed by atoms with Crippen molar-refractivity contribution < 1.29 is 14.7 Å². The molecular weight excluding hydrogens is 304 g/mol. The van der Waals surface area contributed by atoms with Crippen LogP contribution < -0.4 is 0 Å². The summed E-state index contributed by atoms with van der Waals surface area (Å²) in [7, 11) is 0. The number of oxime groups is 1. The van der Waals surface area contributed by atoms with Crippen molar-refractivity contribution in [2.75, 3.05) is 6.54 Å². The van der Waals surface area contributed by atoms with E-state index in [1.807, 2.05) is 60.7 Å². The molecule has 0 spiro atoms. The lowest BCUT2D eigenvalue weighted by molar-refractivity contribution is -0.135. The molecule has 3 atom stereocenters. The Balaban J connectivity index is 1.52. The molecule has 1 N–H and O–H groups in total. The molecule has 2 aliphatic heterocycles. The Morgan fingerprint density at radius 1 is 1.04 bits per heavy atom. The first-order chi connectivity index (χ1) is 11.8. The molecule has 2 heterocycles. The van der Waals surface area contributed by atoms with E-state index in [4.69, 9.17) is 4.84 Å². The number of hydrogen-bond donors (Lipinski definition) is 1. The Labute approximate surface area is 140 Å². The number of fused-ring (bicyclic) bond motifs is 1. The maximum Gasteiger partial charge on any atom is 0.238 e. The lowest BCUT2D eigenvalue weighted by atomic mass is 9.94. The van der Waals surface area contributed by atoms with Gasteiger partial charge in [0.05, 0.1) is 0 Å². The fourth-order valence-corrected chi connectivity index (χ4v) is 3.34. The number of aliphatic hydroxyl groups is 1. The first kappa shape index (κ1) is 14.9. The van der Waals surface area contributed by atoms with Crippen LogP contribution >= 0.6 is 0 Å². The van der Waals surface area contributed by atoms with E-state index in [1.165, 1.54) is 4.90 Å². The van der Waals surface area contributed by atoms with Gasteiger partial charge in [0, 0.05) is 12.1 Å². The van der Waals surface area contributed by atoms with Gasteiger partial charge in [-0.2, -0.15) is 0 Å². The summed E-state index contributed by atoms with van der Waals surface area (Å²) in [5.41, 5.74) is 2.59. The smallest absolute Gasteiger partial charge is 0.238 e. The van der Waals surface area contributed by atoms with Crippen molar-refractivity contribution in [2.24, 2.45) is 11.1 Å². The zero-order valence-corrected chi connectivity index (χ0v) is 13.1. The van der Waals surface area contributed by atoms with Crippen LogP contribution in [0.15, 0.2) is 65.8 Å². The molecule has 24 heavy (non-hydrogen) atoms. The molecule has 0 radical (unpaired) electrons. The number of aliphatic hydroxyl groups excluding tert-OH is 1. The predicted molar refractivity (Wildman–Crippen MR) is 89.2 cm³/mol. The van der Waals surface area contributed by atoms with E-state index in [0.29, 0.717) is 18.7 Å². The highest BCUT2D eigenvalue weighted by Gasteiger charge is 2.54. The number of hydrogen-bond acceptors (Lipinski definition) is 4. The van der Waals surface area contributed by atoms with Gasteiger partial charge in [0.15, 0.2) is 12.3 Å². The Kier molecular flexibility index (Phi) is 3.78. The van der Waals surface area contributed by atoms with Gasteiger partial charge in [0.1, 0.15) is 11.6 Å². The first-order valence-corrected chi connectivity index (χ1v) is 8.07. The Bertz CT molecular complexity index is 761. The van der Waals surface area contributed by atoms with Crippen LogP contribution in [-0.2, 0) is 16.1 Å². The molecule has 2 aliphatic rings. The number of amides is 1. The highest BCUT2D eigenvalue weighted by atomic mass is 16.7. The molecule has 1 saturated heterocycles. The highest BCUT2D eigenvalue weighted by Crippen LogP contribution is 2.34. The number of carbonyl (C=O) groups is 1. The molecule has 4 rings (SSSR count). The fourth-order valence-electron chi connectivity index (χ4n) is 3.34. The lowest BCUT2D eigenvalue weighted by Gasteiger charge is -2.22. The highest BCUT2D eigenvalue weighted by molar-refractivity contribution is 6.15. The summed E-state index contributed by atoms with van der Waals surface area (Å²) in [6.07, 6.45) is -0.888. The van der Waals surface area contributed by atoms with Gasteiger partial charge < -0.3 is 14.8 Å². The summed E-state index contributed by atoms with van der Waals surface area (Å²) in [5, 5.41) is 14.5. The minimum Gasteiger partial charge on any atom is -0.386 e. The predicted octanol–water partition coefficient (Wildman–Crippen LogP) is 1.81. The molecule has 122 valence electrons. The maximum absolute atomic E-state index is 12.8. The molecule has 5 nitrogen and oxygen atoms in total. The molecule has 0 saturated carbocycles. The summed E-state index contributed by atoms with van der Waals surface area (Å²) in [6.45, 7) is 0.461. The van der Waals surface area contributed by atoms with Crippen molar-refractivity contribution in [1.29, 1.82) is 0 Å². The van der Waals surface area contributed by atoms with Crippen molar-refractivity contribution in [3.05, 3.63) is 71.8 Å². The third-order valence-electron chi connectivity index (χ3n) is 4.61. The maximum atomic E-state index is 12.8. The van der Waals surface area contributed by atoms with Crippen molar-refractivity contribution >= 4 is 11.6 Å². The Hall–Kier alpha value is -2.66. The average molecular weight is 322 g/mol. The monoisotopic (exact) mass is 322 g/mol. The summed E-state index contributed by atoms with van der Waals surface area (Å²) in [4.78, 5) is 19.7. The van der Waals surface area contributed by atoms with Gasteiger partial charge in [-0.3, -0.25) is 4.79 Å². The van der Waals surface area contributed by atoms with Gasteiger partial charge in [-0.1, -0.05) is 65.8 Å². The second-order valence-corrected chi connectivity index (χ2v) is 6.07. The van der Waals surface area contributed by atoms with Crippen LogP contribution in [0.4, 0.5) is 0 Å². The number of carbonyl (C=O) groups excluding carboxylic acids is 1. The molecule has 0 unspecified atom stereocenters. The van der Waals surface area contributed by atoms with Gasteiger partial charge >= 0.3 is 0 Å². The molecule has 0 bridgehead atoms. The second-order valence-electron chi connectivity index (χ2n) is 6.07. The summed E-state index contributed by atoms with van der Waals surface area (Å²) >= 11 is 0. The minimum absolute atomic E-state index is 0.122. The van der Waals surface area contributed by atoms with Crippen molar-refractivity contribution in [2.45, 2.75) is 18.8 Å². The number of nitrogens with zero attached hydrogens (tertiary/aromatic N) is 2. The molecule has 1 fully saturated rings. The average Bonchev–Trinajstić information content (AvgIpc) is 3.16. The van der Waals surface area contributed by atoms with E-state index in [0.717, 1.165) is 11.1 Å². The molecule has 0 aliphatic carbocycles. The normalized spacial score (nSPS) is 25.4. The third-order valence-corrected chi connectivity index (χ3v) is 4.61. The van der Waals surface area contributed by atoms with E-state index in [9.17, 15) is 9.90 Å². The number of likely N-dealkylation sites (tertiary alicyclic amines) is 1. The summed E-state index contributed by atoms with van der Waals surface area (Å²) < 4.78 is 0. The van der Waals surface area contributed by atoms with E-state index in [-0.39, 0.29) is 5.91 Å². The quantitative estimate of drug-likeness (QED) is 0.934. The van der Waals surface area contributed by atoms with Crippen molar-refractivity contribution in [3.8, 4) is 0 Å². The SMILES string of the molecule is O=C1[C@@H]2C(c3ccccc3)=NO[C@@H]2[C@H](O)N1CCc1ccccc1. The standard InChI is InChI=1S/C19H18N2O3/c22-18-15-16(14-9-5-2-6-10-14)20-24-17(15)19(23)21(18)12-11-13-7-3-1-4-8-13/h1-10,15,17,19,23H,11-12H2/t15-,17+,19+/m1/s1. The third kappa shape index (κ3) is 2.47. The molecule has 0 aromatic heterocycles. The van der Waals surface area contributed by atoms with E-state index >= 15 is 0 Å². The van der Waals surface area contributed by atoms with Crippen molar-refractivity contribution in [3.63, 3.8) is 0 Å². The number of benzene rings is 2. The summed E-state index contributed by atoms with van der Waals surface area (Å²) in [6, 6.07) is 19.4. The van der Waals surface area contributed by atoms with E-state index in [1.54, 1.807) is 0 Å². The molecule has 1 amide bonds. The Morgan fingerprint density at radius 2 is 1.71 bits per heavy atom. The first-order valence-electron chi connectivity index (χ1n) is 8.07. The number of rotatable bonds is 4. The zero-order chi connectivity index (χ0) is 16.5. The van der Waals surface area contributed by atoms with Gasteiger partial charge in [0.25, 0.3) is 0 Å². The molecule has 2 aromatic carbocycles. The van der Waals surface area contributed by atoms with Gasteiger partial charge in [-0.25, -0.2) is 0 Å².